The summed E-state index contributed by atoms with van der Waals surface area (Å²) < 4.78 is 0. The van der Waals surface area contributed by atoms with Gasteiger partial charge in [0.25, 0.3) is 0 Å². The van der Waals surface area contributed by atoms with Crippen LogP contribution < -0.4 is 5.32 Å². The molecule has 120 valence electrons. The highest BCUT2D eigenvalue weighted by Crippen LogP contribution is 2.38. The fourth-order valence-corrected chi connectivity index (χ4v) is 4.51. The molecule has 1 N–H and O–H groups in total. The summed E-state index contributed by atoms with van der Waals surface area (Å²) in [5.74, 6) is 2.29. The average Bonchev–Trinajstić information content (AvgIpc) is 2.81. The molecule has 1 fully saturated rings. The maximum Gasteiger partial charge on any atom is 0.0962 e. The first kappa shape index (κ1) is 17.0. The molecule has 21 heavy (non-hydrogen) atoms. The van der Waals surface area contributed by atoms with Crippen LogP contribution in [0.2, 0.25) is 0 Å². The van der Waals surface area contributed by atoms with E-state index in [2.05, 4.69) is 33.0 Å². The molecule has 2 rings (SSSR count). The van der Waals surface area contributed by atoms with E-state index in [9.17, 15) is 0 Å². The van der Waals surface area contributed by atoms with E-state index in [1.54, 1.807) is 0 Å². The fourth-order valence-electron chi connectivity index (χ4n) is 3.30. The molecule has 1 saturated carbocycles. The number of rotatable bonds is 7. The molecule has 0 spiro atoms. The molecular weight excluding hydrogens is 276 g/mol. The van der Waals surface area contributed by atoms with Crippen LogP contribution in [-0.4, -0.2) is 11.5 Å². The van der Waals surface area contributed by atoms with Crippen molar-refractivity contribution in [1.29, 1.82) is 0 Å². The predicted octanol–water partition coefficient (Wildman–Crippen LogP) is 5.13. The van der Waals surface area contributed by atoms with Crippen LogP contribution in [-0.2, 0) is 13.0 Å². The van der Waals surface area contributed by atoms with Crippen LogP contribution in [0.25, 0.3) is 0 Å². The Morgan fingerprint density at radius 3 is 2.81 bits per heavy atom. The third kappa shape index (κ3) is 5.07. The van der Waals surface area contributed by atoms with Gasteiger partial charge in [-0.25, -0.2) is 4.98 Å². The number of thiazole rings is 1. The van der Waals surface area contributed by atoms with Crippen molar-refractivity contribution in [3.63, 3.8) is 0 Å². The van der Waals surface area contributed by atoms with E-state index in [4.69, 9.17) is 4.98 Å². The first-order valence-electron chi connectivity index (χ1n) is 8.79. The highest BCUT2D eigenvalue weighted by Gasteiger charge is 2.24. The van der Waals surface area contributed by atoms with Crippen molar-refractivity contribution < 1.29 is 0 Å². The molecule has 0 aromatic carbocycles. The van der Waals surface area contributed by atoms with E-state index in [0.717, 1.165) is 31.3 Å². The lowest BCUT2D eigenvalue weighted by molar-refractivity contribution is 0.343. The van der Waals surface area contributed by atoms with Crippen molar-refractivity contribution in [1.82, 2.24) is 10.3 Å². The largest absolute Gasteiger partial charge is 0.312 e. The van der Waals surface area contributed by atoms with E-state index in [1.165, 1.54) is 47.7 Å². The Hall–Kier alpha value is -0.410. The molecule has 0 saturated heterocycles. The van der Waals surface area contributed by atoms with Crippen LogP contribution in [0.15, 0.2) is 0 Å². The van der Waals surface area contributed by atoms with Crippen molar-refractivity contribution in [3.8, 4) is 0 Å². The summed E-state index contributed by atoms with van der Waals surface area (Å²) in [6, 6.07) is 0. The molecule has 0 amide bonds. The van der Waals surface area contributed by atoms with Gasteiger partial charge in [-0.05, 0) is 44.1 Å². The van der Waals surface area contributed by atoms with Gasteiger partial charge in [-0.1, -0.05) is 40.5 Å². The molecule has 3 heteroatoms. The van der Waals surface area contributed by atoms with E-state index in [-0.39, 0.29) is 0 Å². The summed E-state index contributed by atoms with van der Waals surface area (Å²) in [6.07, 6.45) is 7.81. The Bertz CT molecular complexity index is 425. The topological polar surface area (TPSA) is 24.9 Å². The standard InChI is InChI=1S/C18H32N2S/c1-5-9-19-12-17-16(10-13(2)3)20-18(21-17)15-8-6-7-14(4)11-15/h13-15,19H,5-12H2,1-4H3. The number of nitrogens with one attached hydrogen (secondary N) is 1. The first-order valence-corrected chi connectivity index (χ1v) is 9.61. The van der Waals surface area contributed by atoms with Gasteiger partial charge in [0.2, 0.25) is 0 Å². The second-order valence-corrected chi connectivity index (χ2v) is 8.28. The van der Waals surface area contributed by atoms with Crippen LogP contribution in [0.5, 0.6) is 0 Å². The Morgan fingerprint density at radius 2 is 2.14 bits per heavy atom. The van der Waals surface area contributed by atoms with Crippen LogP contribution in [0.3, 0.4) is 0 Å². The van der Waals surface area contributed by atoms with Crippen molar-refractivity contribution in [2.75, 3.05) is 6.54 Å². The second-order valence-electron chi connectivity index (χ2n) is 7.17. The van der Waals surface area contributed by atoms with Crippen molar-refractivity contribution >= 4 is 11.3 Å². The summed E-state index contributed by atoms with van der Waals surface area (Å²) in [6.45, 7) is 11.3. The number of nitrogens with zero attached hydrogens (tertiary/aromatic N) is 1. The smallest absolute Gasteiger partial charge is 0.0962 e. The van der Waals surface area contributed by atoms with Gasteiger partial charge >= 0.3 is 0 Å². The highest BCUT2D eigenvalue weighted by atomic mass is 32.1. The molecule has 2 atom stereocenters. The fraction of sp³-hybridized carbons (Fsp3) is 0.833. The summed E-state index contributed by atoms with van der Waals surface area (Å²) in [5, 5.41) is 4.98. The van der Waals surface area contributed by atoms with Gasteiger partial charge in [0.1, 0.15) is 0 Å². The highest BCUT2D eigenvalue weighted by molar-refractivity contribution is 7.11. The van der Waals surface area contributed by atoms with Crippen LogP contribution in [0.4, 0.5) is 0 Å². The predicted molar refractivity (Wildman–Crippen MR) is 93.0 cm³/mol. The van der Waals surface area contributed by atoms with Gasteiger partial charge < -0.3 is 5.32 Å². The van der Waals surface area contributed by atoms with Gasteiger partial charge in [-0.15, -0.1) is 11.3 Å². The molecule has 1 heterocycles. The molecular formula is C18H32N2S. The second kappa shape index (κ2) is 8.28. The Morgan fingerprint density at radius 1 is 1.33 bits per heavy atom. The van der Waals surface area contributed by atoms with Crippen LogP contribution >= 0.6 is 11.3 Å². The van der Waals surface area contributed by atoms with E-state index in [1.807, 2.05) is 11.3 Å². The Balaban J connectivity index is 2.10. The van der Waals surface area contributed by atoms with Crippen molar-refractivity contribution in [3.05, 3.63) is 15.6 Å². The lowest BCUT2D eigenvalue weighted by Crippen LogP contribution is -2.14. The minimum absolute atomic E-state index is 0.690. The average molecular weight is 309 g/mol. The molecule has 2 nitrogen and oxygen atoms in total. The quantitative estimate of drug-likeness (QED) is 0.706. The molecule has 0 bridgehead atoms. The van der Waals surface area contributed by atoms with Crippen LogP contribution in [0.1, 0.15) is 81.3 Å². The number of hydrogen-bond donors (Lipinski definition) is 1. The van der Waals surface area contributed by atoms with Gasteiger partial charge in [0.15, 0.2) is 0 Å². The normalized spacial score (nSPS) is 22.9. The molecule has 2 unspecified atom stereocenters. The van der Waals surface area contributed by atoms with Gasteiger partial charge in [0.05, 0.1) is 10.7 Å². The molecule has 1 aliphatic carbocycles. The number of aromatic nitrogens is 1. The zero-order chi connectivity index (χ0) is 15.2. The maximum atomic E-state index is 5.07. The third-order valence-electron chi connectivity index (χ3n) is 4.39. The Labute approximate surface area is 134 Å². The van der Waals surface area contributed by atoms with E-state index >= 15 is 0 Å². The summed E-state index contributed by atoms with van der Waals surface area (Å²) >= 11 is 1.99. The van der Waals surface area contributed by atoms with Gasteiger partial charge in [0, 0.05) is 17.3 Å². The zero-order valence-electron chi connectivity index (χ0n) is 14.2. The first-order chi connectivity index (χ1) is 10.1. The number of hydrogen-bond acceptors (Lipinski definition) is 3. The van der Waals surface area contributed by atoms with Gasteiger partial charge in [-0.2, -0.15) is 0 Å². The van der Waals surface area contributed by atoms with E-state index < -0.39 is 0 Å². The molecule has 1 aromatic heterocycles. The summed E-state index contributed by atoms with van der Waals surface area (Å²) in [5.41, 5.74) is 1.37. The molecule has 0 radical (unpaired) electrons. The van der Waals surface area contributed by atoms with E-state index in [0.29, 0.717) is 5.92 Å². The van der Waals surface area contributed by atoms with Crippen molar-refractivity contribution in [2.45, 2.75) is 78.7 Å². The van der Waals surface area contributed by atoms with Crippen LogP contribution in [0, 0.1) is 11.8 Å². The summed E-state index contributed by atoms with van der Waals surface area (Å²) in [4.78, 5) is 6.56. The third-order valence-corrected chi connectivity index (χ3v) is 5.65. The maximum absolute atomic E-state index is 5.07. The Kier molecular flexibility index (Phi) is 6.69. The molecule has 1 aliphatic rings. The summed E-state index contributed by atoms with van der Waals surface area (Å²) in [7, 11) is 0. The minimum atomic E-state index is 0.690. The van der Waals surface area contributed by atoms with Gasteiger partial charge in [-0.3, -0.25) is 0 Å². The lowest BCUT2D eigenvalue weighted by atomic mass is 9.83. The molecule has 0 aliphatic heterocycles. The molecule has 1 aromatic rings. The zero-order valence-corrected chi connectivity index (χ0v) is 15.1. The van der Waals surface area contributed by atoms with Crippen molar-refractivity contribution in [2.24, 2.45) is 11.8 Å². The SMILES string of the molecule is CCCNCc1sc(C2CCCC(C)C2)nc1CC(C)C. The lowest BCUT2D eigenvalue weighted by Gasteiger charge is -2.24. The monoisotopic (exact) mass is 308 g/mol. The minimum Gasteiger partial charge on any atom is -0.312 e.